The molecule has 1 fully saturated rings. The van der Waals surface area contributed by atoms with E-state index in [4.69, 9.17) is 0 Å². The van der Waals surface area contributed by atoms with E-state index in [2.05, 4.69) is 20.6 Å². The summed E-state index contributed by atoms with van der Waals surface area (Å²) in [5.41, 5.74) is 0.505. The van der Waals surface area contributed by atoms with Crippen molar-refractivity contribution in [3.8, 4) is 0 Å². The van der Waals surface area contributed by atoms with Crippen LogP contribution in [0.25, 0.3) is 0 Å². The highest BCUT2D eigenvalue weighted by atomic mass is 16.1. The molecule has 0 aromatic carbocycles. The van der Waals surface area contributed by atoms with Crippen LogP contribution in [0.1, 0.15) is 62.7 Å². The third kappa shape index (κ3) is 4.47. The van der Waals surface area contributed by atoms with Crippen LogP contribution in [-0.2, 0) is 0 Å². The first-order chi connectivity index (χ1) is 9.65. The molecule has 20 heavy (non-hydrogen) atoms. The monoisotopic (exact) mass is 276 g/mol. The lowest BCUT2D eigenvalue weighted by Gasteiger charge is -2.16. The average molecular weight is 276 g/mol. The Kier molecular flexibility index (Phi) is 5.32. The summed E-state index contributed by atoms with van der Waals surface area (Å²) in [5, 5.41) is 6.20. The van der Waals surface area contributed by atoms with Crippen molar-refractivity contribution in [3.63, 3.8) is 0 Å². The molecule has 110 valence electrons. The zero-order chi connectivity index (χ0) is 14.4. The maximum absolute atomic E-state index is 11.8. The number of amides is 1. The Bertz CT molecular complexity index is 422. The number of carbonyl (C=O) groups excluding carboxylic acids is 1. The minimum absolute atomic E-state index is 0.117. The predicted octanol–water partition coefficient (Wildman–Crippen LogP) is 2.75. The predicted molar refractivity (Wildman–Crippen MR) is 79.7 cm³/mol. The van der Waals surface area contributed by atoms with Crippen molar-refractivity contribution in [2.45, 2.75) is 64.5 Å². The molecule has 2 rings (SSSR count). The molecule has 0 bridgehead atoms. The van der Waals surface area contributed by atoms with E-state index in [0.717, 1.165) is 0 Å². The summed E-state index contributed by atoms with van der Waals surface area (Å²) in [4.78, 5) is 20.3. The number of rotatable bonds is 4. The third-order valence-electron chi connectivity index (χ3n) is 3.52. The lowest BCUT2D eigenvalue weighted by Crippen LogP contribution is -2.30. The molecule has 1 saturated carbocycles. The molecular weight excluding hydrogens is 252 g/mol. The van der Waals surface area contributed by atoms with Gasteiger partial charge in [-0.05, 0) is 26.7 Å². The molecule has 1 aromatic heterocycles. The SMILES string of the molecule is CC(C)NC(=O)c1cnc(NC2CCCCCC2)nc1. The van der Waals surface area contributed by atoms with Gasteiger partial charge in [-0.1, -0.05) is 25.7 Å². The Labute approximate surface area is 120 Å². The van der Waals surface area contributed by atoms with Gasteiger partial charge in [-0.3, -0.25) is 4.79 Å². The highest BCUT2D eigenvalue weighted by Gasteiger charge is 2.13. The highest BCUT2D eigenvalue weighted by Crippen LogP contribution is 2.19. The van der Waals surface area contributed by atoms with Crippen molar-refractivity contribution in [1.29, 1.82) is 0 Å². The Morgan fingerprint density at radius 3 is 2.30 bits per heavy atom. The third-order valence-corrected chi connectivity index (χ3v) is 3.52. The molecule has 0 unspecified atom stereocenters. The van der Waals surface area contributed by atoms with Gasteiger partial charge in [-0.2, -0.15) is 0 Å². The van der Waals surface area contributed by atoms with E-state index in [-0.39, 0.29) is 11.9 Å². The lowest BCUT2D eigenvalue weighted by molar-refractivity contribution is 0.0942. The minimum Gasteiger partial charge on any atom is -0.351 e. The molecule has 0 atom stereocenters. The zero-order valence-corrected chi connectivity index (χ0v) is 12.4. The van der Waals surface area contributed by atoms with Crippen LogP contribution in [0.5, 0.6) is 0 Å². The van der Waals surface area contributed by atoms with Crippen LogP contribution in [0.2, 0.25) is 0 Å². The van der Waals surface area contributed by atoms with Crippen molar-refractivity contribution in [1.82, 2.24) is 15.3 Å². The highest BCUT2D eigenvalue weighted by molar-refractivity contribution is 5.93. The topological polar surface area (TPSA) is 66.9 Å². The maximum atomic E-state index is 11.8. The summed E-state index contributed by atoms with van der Waals surface area (Å²) in [6.45, 7) is 3.86. The molecule has 1 aliphatic rings. The first kappa shape index (κ1) is 14.8. The van der Waals surface area contributed by atoms with E-state index in [0.29, 0.717) is 17.6 Å². The van der Waals surface area contributed by atoms with Crippen molar-refractivity contribution < 1.29 is 4.79 Å². The molecule has 5 heteroatoms. The number of nitrogens with one attached hydrogen (secondary N) is 2. The summed E-state index contributed by atoms with van der Waals surface area (Å²) in [7, 11) is 0. The lowest BCUT2D eigenvalue weighted by atomic mass is 10.1. The molecule has 1 aromatic rings. The van der Waals surface area contributed by atoms with Gasteiger partial charge in [0.2, 0.25) is 5.95 Å². The molecule has 2 N–H and O–H groups in total. The van der Waals surface area contributed by atoms with Crippen molar-refractivity contribution in [3.05, 3.63) is 18.0 Å². The molecular formula is C15H24N4O. The standard InChI is InChI=1S/C15H24N4O/c1-11(2)18-14(20)12-9-16-15(17-10-12)19-13-7-5-3-4-6-8-13/h9-11,13H,3-8H2,1-2H3,(H,18,20)(H,16,17,19). The van der Waals surface area contributed by atoms with Gasteiger partial charge in [0.1, 0.15) is 0 Å². The summed E-state index contributed by atoms with van der Waals surface area (Å²) >= 11 is 0. The summed E-state index contributed by atoms with van der Waals surface area (Å²) < 4.78 is 0. The van der Waals surface area contributed by atoms with Crippen molar-refractivity contribution in [2.75, 3.05) is 5.32 Å². The van der Waals surface area contributed by atoms with Gasteiger partial charge in [0.05, 0.1) is 5.56 Å². The van der Waals surface area contributed by atoms with E-state index in [1.807, 2.05) is 13.8 Å². The average Bonchev–Trinajstić information content (AvgIpc) is 2.67. The Hall–Kier alpha value is -1.65. The first-order valence-corrected chi connectivity index (χ1v) is 7.54. The molecule has 0 radical (unpaired) electrons. The van der Waals surface area contributed by atoms with Crippen LogP contribution in [0.15, 0.2) is 12.4 Å². The van der Waals surface area contributed by atoms with Gasteiger partial charge in [-0.15, -0.1) is 0 Å². The Morgan fingerprint density at radius 1 is 1.15 bits per heavy atom. The number of hydrogen-bond acceptors (Lipinski definition) is 4. The van der Waals surface area contributed by atoms with Crippen LogP contribution in [-0.4, -0.2) is 28.0 Å². The van der Waals surface area contributed by atoms with Gasteiger partial charge in [0, 0.05) is 24.5 Å². The summed E-state index contributed by atoms with van der Waals surface area (Å²) in [6.07, 6.45) is 10.7. The van der Waals surface area contributed by atoms with E-state index < -0.39 is 0 Å². The molecule has 0 aliphatic heterocycles. The first-order valence-electron chi connectivity index (χ1n) is 7.54. The minimum atomic E-state index is -0.124. The fraction of sp³-hybridized carbons (Fsp3) is 0.667. The van der Waals surface area contributed by atoms with Gasteiger partial charge < -0.3 is 10.6 Å². The van der Waals surface area contributed by atoms with E-state index >= 15 is 0 Å². The van der Waals surface area contributed by atoms with Crippen LogP contribution < -0.4 is 10.6 Å². The molecule has 1 amide bonds. The van der Waals surface area contributed by atoms with Gasteiger partial charge >= 0.3 is 0 Å². The maximum Gasteiger partial charge on any atom is 0.254 e. The van der Waals surface area contributed by atoms with Gasteiger partial charge in [0.15, 0.2) is 0 Å². The van der Waals surface area contributed by atoms with Crippen LogP contribution in [0.4, 0.5) is 5.95 Å². The largest absolute Gasteiger partial charge is 0.351 e. The second-order valence-electron chi connectivity index (χ2n) is 5.76. The zero-order valence-electron chi connectivity index (χ0n) is 12.4. The smallest absolute Gasteiger partial charge is 0.254 e. The molecule has 0 saturated heterocycles. The van der Waals surface area contributed by atoms with Crippen LogP contribution in [0, 0.1) is 0 Å². The molecule has 0 spiro atoms. The van der Waals surface area contributed by atoms with Gasteiger partial charge in [0.25, 0.3) is 5.91 Å². The van der Waals surface area contributed by atoms with Gasteiger partial charge in [-0.25, -0.2) is 9.97 Å². The molecule has 5 nitrogen and oxygen atoms in total. The molecule has 1 heterocycles. The van der Waals surface area contributed by atoms with Crippen molar-refractivity contribution in [2.24, 2.45) is 0 Å². The summed E-state index contributed by atoms with van der Waals surface area (Å²) in [6, 6.07) is 0.583. The number of hydrogen-bond donors (Lipinski definition) is 2. The van der Waals surface area contributed by atoms with E-state index in [9.17, 15) is 4.79 Å². The number of aromatic nitrogens is 2. The second kappa shape index (κ2) is 7.22. The number of nitrogens with zero attached hydrogens (tertiary/aromatic N) is 2. The number of carbonyl (C=O) groups is 1. The Morgan fingerprint density at radius 2 is 1.75 bits per heavy atom. The van der Waals surface area contributed by atoms with E-state index in [1.165, 1.54) is 38.5 Å². The molecule has 1 aliphatic carbocycles. The Balaban J connectivity index is 1.92. The fourth-order valence-corrected chi connectivity index (χ4v) is 2.47. The quantitative estimate of drug-likeness (QED) is 0.830. The van der Waals surface area contributed by atoms with E-state index in [1.54, 1.807) is 12.4 Å². The normalized spacial score (nSPS) is 16.8. The summed E-state index contributed by atoms with van der Waals surface area (Å²) in [5.74, 6) is 0.499. The van der Waals surface area contributed by atoms with Crippen LogP contribution in [0.3, 0.4) is 0 Å². The van der Waals surface area contributed by atoms with Crippen molar-refractivity contribution >= 4 is 11.9 Å². The fourth-order valence-electron chi connectivity index (χ4n) is 2.47. The second-order valence-corrected chi connectivity index (χ2v) is 5.76. The van der Waals surface area contributed by atoms with Crippen LogP contribution >= 0.6 is 0 Å². The number of anilines is 1.